The van der Waals surface area contributed by atoms with Crippen LogP contribution in [0.15, 0.2) is 36.5 Å². The maximum Gasteiger partial charge on any atom is 0.333 e. The van der Waals surface area contributed by atoms with Gasteiger partial charge in [0.25, 0.3) is 0 Å². The number of carbonyl (C=O) groups is 3. The Morgan fingerprint density at radius 2 is 1.06 bits per heavy atom. The van der Waals surface area contributed by atoms with Gasteiger partial charge in [0, 0.05) is 17.2 Å². The third-order valence-corrected chi connectivity index (χ3v) is 5.52. The van der Waals surface area contributed by atoms with Crippen LogP contribution in [-0.2, 0) is 19.1 Å². The van der Waals surface area contributed by atoms with Crippen molar-refractivity contribution in [3.05, 3.63) is 36.5 Å². The number of aliphatic carboxylic acids is 2. The Morgan fingerprint density at radius 1 is 0.722 bits per heavy atom. The van der Waals surface area contributed by atoms with E-state index in [-0.39, 0.29) is 5.97 Å². The second-order valence-electron chi connectivity index (χ2n) is 9.04. The van der Waals surface area contributed by atoms with Crippen molar-refractivity contribution in [2.75, 3.05) is 6.61 Å². The summed E-state index contributed by atoms with van der Waals surface area (Å²) in [5, 5.41) is 15.7. The second kappa shape index (κ2) is 30.7. The van der Waals surface area contributed by atoms with E-state index in [1.54, 1.807) is 26.8 Å². The van der Waals surface area contributed by atoms with Crippen LogP contribution in [0.5, 0.6) is 0 Å². The summed E-state index contributed by atoms with van der Waals surface area (Å²) in [4.78, 5) is 30.3. The lowest BCUT2D eigenvalue weighted by Gasteiger charge is -2.05. The molecule has 0 atom stereocenters. The molecule has 0 aromatic carbocycles. The molecule has 0 aliphatic rings. The summed E-state index contributed by atoms with van der Waals surface area (Å²) in [5.74, 6) is -2.08. The van der Waals surface area contributed by atoms with Gasteiger partial charge in [-0.2, -0.15) is 0 Å². The normalized spacial score (nSPS) is 10.3. The quantitative estimate of drug-likeness (QED) is 0.0965. The minimum absolute atomic E-state index is 0.254. The summed E-state index contributed by atoms with van der Waals surface area (Å²) >= 11 is 0. The van der Waals surface area contributed by atoms with Crippen LogP contribution in [0, 0.1) is 0 Å². The molecule has 0 aromatic heterocycles. The van der Waals surface area contributed by atoms with Gasteiger partial charge >= 0.3 is 17.9 Å². The molecular weight excluding hydrogens is 456 g/mol. The van der Waals surface area contributed by atoms with Crippen molar-refractivity contribution < 1.29 is 29.3 Å². The number of carbonyl (C=O) groups excluding carboxylic acids is 1. The Kier molecular flexibility index (Phi) is 32.5. The highest BCUT2D eigenvalue weighted by atomic mass is 16.5. The molecule has 0 aromatic rings. The summed E-state index contributed by atoms with van der Waals surface area (Å²) in [6, 6.07) is 0. The first kappa shape index (κ1) is 38.2. The summed E-state index contributed by atoms with van der Waals surface area (Å²) in [6.45, 7) is 14.3. The van der Waals surface area contributed by atoms with Gasteiger partial charge in [0.2, 0.25) is 0 Å². The van der Waals surface area contributed by atoms with Gasteiger partial charge in [-0.3, -0.25) is 0 Å². The minimum atomic E-state index is -0.981. The molecule has 0 heterocycles. The van der Waals surface area contributed by atoms with E-state index < -0.39 is 11.9 Å². The van der Waals surface area contributed by atoms with Crippen LogP contribution in [0.25, 0.3) is 0 Å². The molecule has 6 nitrogen and oxygen atoms in total. The average molecular weight is 511 g/mol. The fourth-order valence-electron chi connectivity index (χ4n) is 3.06. The predicted molar refractivity (Wildman–Crippen MR) is 150 cm³/mol. The number of ether oxygens (including phenoxy) is 1. The average Bonchev–Trinajstić information content (AvgIpc) is 2.85. The third kappa shape index (κ3) is 36.2. The fraction of sp³-hybridized carbons (Fsp3) is 0.700. The molecule has 0 aliphatic heterocycles. The van der Waals surface area contributed by atoms with Crippen molar-refractivity contribution in [3.8, 4) is 0 Å². The van der Waals surface area contributed by atoms with Crippen LogP contribution in [0.1, 0.15) is 130 Å². The van der Waals surface area contributed by atoms with E-state index in [0.29, 0.717) is 17.8 Å². The Balaban J connectivity index is -0.000000743. The van der Waals surface area contributed by atoms with Crippen LogP contribution >= 0.6 is 0 Å². The summed E-state index contributed by atoms with van der Waals surface area (Å²) in [7, 11) is 0. The first-order valence-electron chi connectivity index (χ1n) is 13.7. The maximum absolute atomic E-state index is 11.2. The van der Waals surface area contributed by atoms with E-state index >= 15 is 0 Å². The number of esters is 1. The van der Waals surface area contributed by atoms with Crippen LogP contribution in [-0.4, -0.2) is 34.7 Å². The van der Waals surface area contributed by atoms with Gasteiger partial charge in [-0.25, -0.2) is 14.4 Å². The number of unbranched alkanes of at least 4 members (excludes halogenated alkanes) is 15. The number of hydrogen-bond acceptors (Lipinski definition) is 4. The topological polar surface area (TPSA) is 101 Å². The van der Waals surface area contributed by atoms with Gasteiger partial charge in [0.1, 0.15) is 0 Å². The largest absolute Gasteiger partial charge is 0.478 e. The third-order valence-electron chi connectivity index (χ3n) is 5.52. The molecule has 2 N–H and O–H groups in total. The zero-order chi connectivity index (χ0) is 28.0. The minimum Gasteiger partial charge on any atom is -0.478 e. The van der Waals surface area contributed by atoms with Crippen molar-refractivity contribution >= 4 is 17.9 Å². The number of rotatable bonds is 20. The molecule has 0 fully saturated rings. The van der Waals surface area contributed by atoms with Crippen LogP contribution < -0.4 is 0 Å². The zero-order valence-electron chi connectivity index (χ0n) is 23.6. The zero-order valence-corrected chi connectivity index (χ0v) is 23.6. The highest BCUT2D eigenvalue weighted by Gasteiger charge is 2.01. The van der Waals surface area contributed by atoms with E-state index in [9.17, 15) is 14.4 Å². The number of carboxylic acid groups (broad SMARTS) is 2. The summed E-state index contributed by atoms with van der Waals surface area (Å²) < 4.78 is 5.08. The highest BCUT2D eigenvalue weighted by Crippen LogP contribution is 2.13. The second-order valence-corrected chi connectivity index (χ2v) is 9.04. The Morgan fingerprint density at radius 3 is 1.28 bits per heavy atom. The SMILES string of the molecule is C=C(C)C(=O)OCCCCCCCCCCCCCCCCCC.C=CC(=O)O.CC=C(C)C(=O)O. The van der Waals surface area contributed by atoms with Crippen molar-refractivity contribution in [1.29, 1.82) is 0 Å². The number of hydrogen-bond donors (Lipinski definition) is 2. The molecular formula is C30H54O6. The molecule has 0 spiro atoms. The lowest BCUT2D eigenvalue weighted by molar-refractivity contribution is -0.139. The summed E-state index contributed by atoms with van der Waals surface area (Å²) in [5.41, 5.74) is 0.881. The number of carboxylic acids is 2. The van der Waals surface area contributed by atoms with Gasteiger partial charge in [0.05, 0.1) is 6.61 Å². The van der Waals surface area contributed by atoms with Crippen molar-refractivity contribution in [2.45, 2.75) is 130 Å². The maximum atomic E-state index is 11.2. The first-order chi connectivity index (χ1) is 17.1. The standard InChI is InChI=1S/C22H42O2.C5H8O2.C3H4O2/c1-4-5-6-7-8-9-10-11-12-13-14-15-16-17-18-19-20-24-22(23)21(2)3;1-3-4(2)5(6)7;1-2-3(4)5/h2,4-20H2,1,3H3;3H,1-2H3,(H,6,7);2H,1H2,(H,4,5). The van der Waals surface area contributed by atoms with Gasteiger partial charge < -0.3 is 14.9 Å². The van der Waals surface area contributed by atoms with Crippen LogP contribution in [0.3, 0.4) is 0 Å². The van der Waals surface area contributed by atoms with Gasteiger partial charge in [-0.15, -0.1) is 0 Å². The molecule has 210 valence electrons. The Bertz CT molecular complexity index is 607. The van der Waals surface area contributed by atoms with E-state index in [0.717, 1.165) is 12.5 Å². The lowest BCUT2D eigenvalue weighted by Crippen LogP contribution is -2.05. The molecule has 0 saturated carbocycles. The van der Waals surface area contributed by atoms with Crippen LogP contribution in [0.2, 0.25) is 0 Å². The molecule has 6 heteroatoms. The van der Waals surface area contributed by atoms with Gasteiger partial charge in [-0.05, 0) is 27.2 Å². The smallest absolute Gasteiger partial charge is 0.333 e. The molecule has 0 amide bonds. The Labute approximate surface area is 220 Å². The Hall–Kier alpha value is -2.37. The highest BCUT2D eigenvalue weighted by molar-refractivity contribution is 5.87. The van der Waals surface area contributed by atoms with E-state index in [1.165, 1.54) is 96.3 Å². The van der Waals surface area contributed by atoms with E-state index in [4.69, 9.17) is 14.9 Å². The first-order valence-corrected chi connectivity index (χ1v) is 13.7. The van der Waals surface area contributed by atoms with E-state index in [2.05, 4.69) is 20.1 Å². The molecule has 0 aliphatic carbocycles. The molecule has 0 bridgehead atoms. The van der Waals surface area contributed by atoms with Gasteiger partial charge in [0.15, 0.2) is 0 Å². The van der Waals surface area contributed by atoms with E-state index in [1.807, 2.05) is 0 Å². The molecule has 0 radical (unpaired) electrons. The molecule has 36 heavy (non-hydrogen) atoms. The fourth-order valence-corrected chi connectivity index (χ4v) is 3.06. The van der Waals surface area contributed by atoms with Crippen LogP contribution in [0.4, 0.5) is 0 Å². The monoisotopic (exact) mass is 510 g/mol. The molecule has 0 rings (SSSR count). The lowest BCUT2D eigenvalue weighted by atomic mass is 10.0. The summed E-state index contributed by atoms with van der Waals surface area (Å²) in [6.07, 6.45) is 24.1. The molecule has 0 saturated heterocycles. The predicted octanol–water partition coefficient (Wildman–Crippen LogP) is 8.66. The molecule has 0 unspecified atom stereocenters. The van der Waals surface area contributed by atoms with Gasteiger partial charge in [-0.1, -0.05) is 122 Å². The number of allylic oxidation sites excluding steroid dienone is 1. The van der Waals surface area contributed by atoms with Crippen molar-refractivity contribution in [1.82, 2.24) is 0 Å². The van der Waals surface area contributed by atoms with Crippen molar-refractivity contribution in [2.24, 2.45) is 0 Å². The van der Waals surface area contributed by atoms with Crippen molar-refractivity contribution in [3.63, 3.8) is 0 Å².